The zero-order chi connectivity index (χ0) is 20.6. The molecule has 0 spiro atoms. The molecular formula is C21H42IN7O. The lowest BCUT2D eigenvalue weighted by Crippen LogP contribution is -2.40. The van der Waals surface area contributed by atoms with E-state index < -0.39 is 0 Å². The third kappa shape index (κ3) is 11.5. The zero-order valence-corrected chi connectivity index (χ0v) is 21.3. The maximum absolute atomic E-state index is 5.41. The van der Waals surface area contributed by atoms with Gasteiger partial charge in [0.25, 0.3) is 0 Å². The van der Waals surface area contributed by atoms with E-state index in [2.05, 4.69) is 37.2 Å². The van der Waals surface area contributed by atoms with Gasteiger partial charge in [0.1, 0.15) is 12.2 Å². The third-order valence-electron chi connectivity index (χ3n) is 5.22. The highest BCUT2D eigenvalue weighted by atomic mass is 127. The number of ether oxygens (including phenoxy) is 1. The number of aromatic nitrogens is 3. The molecule has 0 amide bonds. The summed E-state index contributed by atoms with van der Waals surface area (Å²) in [7, 11) is 0. The molecule has 9 heteroatoms. The first kappa shape index (κ1) is 27.1. The average Bonchev–Trinajstić information content (AvgIpc) is 3.03. The number of aliphatic imine (C=N–C) groups is 1. The Morgan fingerprint density at radius 1 is 1.07 bits per heavy atom. The maximum Gasteiger partial charge on any atom is 0.191 e. The van der Waals surface area contributed by atoms with Crippen molar-refractivity contribution in [2.75, 3.05) is 52.5 Å². The highest BCUT2D eigenvalue weighted by Crippen LogP contribution is 2.09. The van der Waals surface area contributed by atoms with Gasteiger partial charge in [0.15, 0.2) is 5.96 Å². The third-order valence-corrected chi connectivity index (χ3v) is 5.22. The fourth-order valence-corrected chi connectivity index (χ4v) is 3.58. The van der Waals surface area contributed by atoms with Gasteiger partial charge in [-0.15, -0.1) is 34.2 Å². The van der Waals surface area contributed by atoms with Crippen molar-refractivity contribution in [3.8, 4) is 0 Å². The first-order valence-corrected chi connectivity index (χ1v) is 11.5. The lowest BCUT2D eigenvalue weighted by atomic mass is 10.2. The molecule has 1 aliphatic rings. The van der Waals surface area contributed by atoms with Gasteiger partial charge in [-0.25, -0.2) is 0 Å². The van der Waals surface area contributed by atoms with E-state index in [4.69, 9.17) is 9.73 Å². The topological polar surface area (TPSA) is 79.6 Å². The molecule has 0 aromatic carbocycles. The van der Waals surface area contributed by atoms with E-state index in [1.807, 2.05) is 6.92 Å². The number of hydrogen-bond acceptors (Lipinski definition) is 5. The van der Waals surface area contributed by atoms with E-state index in [1.54, 1.807) is 6.33 Å². The van der Waals surface area contributed by atoms with Crippen LogP contribution in [0, 0.1) is 0 Å². The molecule has 0 bridgehead atoms. The smallest absolute Gasteiger partial charge is 0.191 e. The van der Waals surface area contributed by atoms with Crippen LogP contribution in [0.2, 0.25) is 0 Å². The van der Waals surface area contributed by atoms with Gasteiger partial charge in [-0.2, -0.15) is 0 Å². The fraction of sp³-hybridized carbons (Fsp3) is 0.857. The highest BCUT2D eigenvalue weighted by Gasteiger charge is 2.08. The number of rotatable bonds is 13. The number of guanidine groups is 1. The largest absolute Gasteiger partial charge is 0.382 e. The van der Waals surface area contributed by atoms with Crippen molar-refractivity contribution in [1.29, 1.82) is 0 Å². The normalized spacial score (nSPS) is 15.5. The minimum absolute atomic E-state index is 0. The lowest BCUT2D eigenvalue weighted by molar-refractivity contribution is 0.146. The van der Waals surface area contributed by atoms with Crippen molar-refractivity contribution in [1.82, 2.24) is 30.3 Å². The number of nitrogens with one attached hydrogen (secondary N) is 2. The predicted octanol–water partition coefficient (Wildman–Crippen LogP) is 2.69. The first-order valence-electron chi connectivity index (χ1n) is 11.5. The molecule has 0 unspecified atom stereocenters. The summed E-state index contributed by atoms with van der Waals surface area (Å²) in [5, 5.41) is 15.1. The summed E-state index contributed by atoms with van der Waals surface area (Å²) in [6.07, 6.45) is 10.3. The number of hydrogen-bond donors (Lipinski definition) is 2. The molecule has 1 aromatic heterocycles. The van der Waals surface area contributed by atoms with Gasteiger partial charge in [0.05, 0.1) is 0 Å². The van der Waals surface area contributed by atoms with Crippen molar-refractivity contribution in [3.63, 3.8) is 0 Å². The van der Waals surface area contributed by atoms with Crippen molar-refractivity contribution in [2.45, 2.75) is 65.3 Å². The number of halogens is 1. The van der Waals surface area contributed by atoms with Crippen LogP contribution < -0.4 is 10.6 Å². The van der Waals surface area contributed by atoms with Crippen LogP contribution in [0.3, 0.4) is 0 Å². The highest BCUT2D eigenvalue weighted by molar-refractivity contribution is 14.0. The number of likely N-dealkylation sites (tertiary alicyclic amines) is 1. The Labute approximate surface area is 199 Å². The van der Waals surface area contributed by atoms with Gasteiger partial charge in [-0.1, -0.05) is 19.8 Å². The molecule has 0 atom stereocenters. The van der Waals surface area contributed by atoms with Crippen LogP contribution in [-0.4, -0.2) is 78.1 Å². The van der Waals surface area contributed by atoms with Crippen molar-refractivity contribution in [3.05, 3.63) is 12.2 Å². The molecule has 1 saturated heterocycles. The zero-order valence-electron chi connectivity index (χ0n) is 18.9. The van der Waals surface area contributed by atoms with Crippen LogP contribution in [-0.2, 0) is 17.7 Å². The molecule has 30 heavy (non-hydrogen) atoms. The van der Waals surface area contributed by atoms with Crippen LogP contribution in [0.5, 0.6) is 0 Å². The lowest BCUT2D eigenvalue weighted by Gasteiger charge is -2.20. The van der Waals surface area contributed by atoms with E-state index in [9.17, 15) is 0 Å². The minimum atomic E-state index is 0. The Morgan fingerprint density at radius 3 is 2.57 bits per heavy atom. The van der Waals surface area contributed by atoms with Crippen molar-refractivity contribution in [2.24, 2.45) is 4.99 Å². The minimum Gasteiger partial charge on any atom is -0.382 e. The molecule has 8 nitrogen and oxygen atoms in total. The molecule has 174 valence electrons. The van der Waals surface area contributed by atoms with Crippen LogP contribution in [0.4, 0.5) is 0 Å². The Bertz CT molecular complexity index is 559. The SMILES string of the molecule is CCOCCCN=C(NCCCN1CCCCCC1)NCCn1cnnc1CC.I. The Hall–Kier alpha value is -0.940. The van der Waals surface area contributed by atoms with Gasteiger partial charge in [0, 0.05) is 45.8 Å². The molecule has 0 aliphatic carbocycles. The summed E-state index contributed by atoms with van der Waals surface area (Å²) in [6.45, 7) is 12.7. The van der Waals surface area contributed by atoms with Crippen LogP contribution >= 0.6 is 24.0 Å². The second kappa shape index (κ2) is 17.7. The molecule has 1 fully saturated rings. The van der Waals surface area contributed by atoms with Crippen LogP contribution in [0.25, 0.3) is 0 Å². The summed E-state index contributed by atoms with van der Waals surface area (Å²) in [4.78, 5) is 7.33. The molecular weight excluding hydrogens is 493 g/mol. The predicted molar refractivity (Wildman–Crippen MR) is 134 cm³/mol. The molecule has 2 heterocycles. The van der Waals surface area contributed by atoms with Gasteiger partial charge >= 0.3 is 0 Å². The Balaban J connectivity index is 0.00000450. The second-order valence-electron chi connectivity index (χ2n) is 7.54. The van der Waals surface area contributed by atoms with E-state index in [0.717, 1.165) is 70.4 Å². The monoisotopic (exact) mass is 535 g/mol. The Kier molecular flexibility index (Phi) is 16.0. The van der Waals surface area contributed by atoms with Gasteiger partial charge in [-0.05, 0) is 52.2 Å². The van der Waals surface area contributed by atoms with Gasteiger partial charge < -0.3 is 24.8 Å². The molecule has 1 aromatic rings. The molecule has 2 N–H and O–H groups in total. The molecule has 1 aliphatic heterocycles. The van der Waals surface area contributed by atoms with Crippen molar-refractivity contribution >= 4 is 29.9 Å². The quantitative estimate of drug-likeness (QED) is 0.175. The summed E-state index contributed by atoms with van der Waals surface area (Å²) >= 11 is 0. The molecule has 0 saturated carbocycles. The summed E-state index contributed by atoms with van der Waals surface area (Å²) in [5.74, 6) is 1.91. The second-order valence-corrected chi connectivity index (χ2v) is 7.54. The number of aryl methyl sites for hydroxylation is 1. The summed E-state index contributed by atoms with van der Waals surface area (Å²) < 4.78 is 7.51. The van der Waals surface area contributed by atoms with E-state index >= 15 is 0 Å². The number of nitrogens with zero attached hydrogens (tertiary/aromatic N) is 5. The van der Waals surface area contributed by atoms with Crippen molar-refractivity contribution < 1.29 is 4.74 Å². The molecule has 2 rings (SSSR count). The first-order chi connectivity index (χ1) is 14.3. The van der Waals surface area contributed by atoms with E-state index in [-0.39, 0.29) is 24.0 Å². The van der Waals surface area contributed by atoms with Crippen LogP contribution in [0.1, 0.15) is 58.2 Å². The van der Waals surface area contributed by atoms with E-state index in [0.29, 0.717) is 0 Å². The van der Waals surface area contributed by atoms with Gasteiger partial charge in [0.2, 0.25) is 0 Å². The summed E-state index contributed by atoms with van der Waals surface area (Å²) in [6, 6.07) is 0. The van der Waals surface area contributed by atoms with E-state index in [1.165, 1.54) is 45.3 Å². The standard InChI is InChI=1S/C21H41N7O.HI/c1-3-20-26-25-19-28(20)17-13-24-21(23-12-10-18-29-4-2)22-11-9-16-27-14-7-5-6-8-15-27;/h19H,3-18H2,1-2H3,(H2,22,23,24);1H. The van der Waals surface area contributed by atoms with Crippen LogP contribution in [0.15, 0.2) is 11.3 Å². The Morgan fingerprint density at radius 2 is 1.83 bits per heavy atom. The molecule has 0 radical (unpaired) electrons. The maximum atomic E-state index is 5.41. The summed E-state index contributed by atoms with van der Waals surface area (Å²) in [5.41, 5.74) is 0. The average molecular weight is 536 g/mol. The van der Waals surface area contributed by atoms with Gasteiger partial charge in [-0.3, -0.25) is 4.99 Å². The fourth-order valence-electron chi connectivity index (χ4n) is 3.58.